The summed E-state index contributed by atoms with van der Waals surface area (Å²) in [7, 11) is -6.30. The number of halogens is 3. The van der Waals surface area contributed by atoms with Crippen LogP contribution in [-0.4, -0.2) is 13.9 Å². The van der Waals surface area contributed by atoms with Crippen LogP contribution in [0, 0.1) is 0 Å². The molecular formula is C19H15F3NO2S2+. The maximum Gasteiger partial charge on any atom is 0.516 e. The Labute approximate surface area is 158 Å². The monoisotopic (exact) mass is 410 g/mol. The van der Waals surface area contributed by atoms with Crippen molar-refractivity contribution in [1.82, 2.24) is 0 Å². The summed E-state index contributed by atoms with van der Waals surface area (Å²) in [5.41, 5.74) is -5.48. The third-order valence-electron chi connectivity index (χ3n) is 3.61. The lowest BCUT2D eigenvalue weighted by Gasteiger charge is -2.14. The van der Waals surface area contributed by atoms with Crippen molar-refractivity contribution in [2.75, 3.05) is 4.72 Å². The van der Waals surface area contributed by atoms with Gasteiger partial charge in [0.2, 0.25) is 0 Å². The molecule has 0 aliphatic rings. The predicted octanol–water partition coefficient (Wildman–Crippen LogP) is 5.04. The number of hydrogen-bond acceptors (Lipinski definition) is 2. The molecule has 3 rings (SSSR count). The van der Waals surface area contributed by atoms with E-state index in [4.69, 9.17) is 0 Å². The van der Waals surface area contributed by atoms with E-state index in [2.05, 4.69) is 0 Å². The van der Waals surface area contributed by atoms with Crippen LogP contribution in [0.5, 0.6) is 0 Å². The van der Waals surface area contributed by atoms with E-state index >= 15 is 0 Å². The van der Waals surface area contributed by atoms with E-state index in [1.165, 1.54) is 12.1 Å². The third-order valence-corrected chi connectivity index (χ3v) is 6.99. The molecule has 3 nitrogen and oxygen atoms in total. The number of sulfonamides is 1. The van der Waals surface area contributed by atoms with Crippen molar-refractivity contribution >= 4 is 26.6 Å². The number of para-hydroxylation sites is 1. The summed E-state index contributed by atoms with van der Waals surface area (Å²) >= 11 is 0. The van der Waals surface area contributed by atoms with Crippen molar-refractivity contribution in [3.05, 3.63) is 84.9 Å². The van der Waals surface area contributed by atoms with Gasteiger partial charge < -0.3 is 0 Å². The van der Waals surface area contributed by atoms with Crippen molar-refractivity contribution in [2.45, 2.75) is 20.2 Å². The zero-order valence-electron chi connectivity index (χ0n) is 13.8. The quantitative estimate of drug-likeness (QED) is 0.599. The molecule has 1 N–H and O–H groups in total. The maximum absolute atomic E-state index is 12.8. The molecule has 27 heavy (non-hydrogen) atoms. The Balaban J connectivity index is 2.15. The molecule has 8 heteroatoms. The fourth-order valence-electron chi connectivity index (χ4n) is 2.43. The lowest BCUT2D eigenvalue weighted by molar-refractivity contribution is -0.0429. The second-order valence-corrected chi connectivity index (χ2v) is 9.15. The van der Waals surface area contributed by atoms with Crippen LogP contribution in [0.3, 0.4) is 0 Å². The van der Waals surface area contributed by atoms with Gasteiger partial charge in [0.1, 0.15) is 16.6 Å². The Hall–Kier alpha value is -2.45. The van der Waals surface area contributed by atoms with Gasteiger partial charge in [-0.2, -0.15) is 21.6 Å². The summed E-state index contributed by atoms with van der Waals surface area (Å²) in [6, 6.07) is 24.6. The van der Waals surface area contributed by atoms with Gasteiger partial charge in [0.25, 0.3) is 0 Å². The molecule has 0 saturated heterocycles. The largest absolute Gasteiger partial charge is 0.516 e. The van der Waals surface area contributed by atoms with Crippen molar-refractivity contribution in [3.63, 3.8) is 0 Å². The second kappa shape index (κ2) is 7.66. The Bertz CT molecular complexity index is 968. The molecule has 0 heterocycles. The Morgan fingerprint density at radius 3 is 1.63 bits per heavy atom. The Morgan fingerprint density at radius 1 is 0.704 bits per heavy atom. The van der Waals surface area contributed by atoms with E-state index in [1.807, 2.05) is 60.7 Å². The topological polar surface area (TPSA) is 46.2 Å². The predicted molar refractivity (Wildman–Crippen MR) is 100 cm³/mol. The molecule has 0 aromatic heterocycles. The lowest BCUT2D eigenvalue weighted by Crippen LogP contribution is -2.30. The fraction of sp³-hybridized carbons (Fsp3) is 0.0526. The number of hydrogen-bond donors (Lipinski definition) is 1. The molecule has 0 bridgehead atoms. The van der Waals surface area contributed by atoms with Crippen LogP contribution in [0.4, 0.5) is 18.9 Å². The molecular weight excluding hydrogens is 395 g/mol. The van der Waals surface area contributed by atoms with Crippen LogP contribution in [-0.2, 0) is 20.9 Å². The van der Waals surface area contributed by atoms with Gasteiger partial charge in [0, 0.05) is 0 Å². The molecule has 140 valence electrons. The first-order valence-electron chi connectivity index (χ1n) is 7.82. The number of rotatable bonds is 5. The molecule has 3 aromatic carbocycles. The average Bonchev–Trinajstić information content (AvgIpc) is 2.64. The Kier molecular flexibility index (Phi) is 5.48. The van der Waals surface area contributed by atoms with E-state index in [0.717, 1.165) is 9.79 Å². The number of benzene rings is 3. The van der Waals surface area contributed by atoms with Gasteiger partial charge in [-0.05, 0) is 36.4 Å². The summed E-state index contributed by atoms with van der Waals surface area (Å²) in [6.07, 6.45) is 0. The van der Waals surface area contributed by atoms with Crippen LogP contribution < -0.4 is 4.72 Å². The van der Waals surface area contributed by atoms with E-state index in [0.29, 0.717) is 4.90 Å². The van der Waals surface area contributed by atoms with Crippen molar-refractivity contribution in [2.24, 2.45) is 0 Å². The van der Waals surface area contributed by atoms with Gasteiger partial charge in [-0.15, -0.1) is 0 Å². The zero-order valence-corrected chi connectivity index (χ0v) is 15.5. The number of nitrogens with one attached hydrogen (secondary N) is 1. The summed E-state index contributed by atoms with van der Waals surface area (Å²) in [6.45, 7) is 0. The minimum absolute atomic E-state index is 0.0918. The molecule has 0 radical (unpaired) electrons. The highest BCUT2D eigenvalue weighted by Crippen LogP contribution is 2.37. The molecule has 0 saturated carbocycles. The number of anilines is 1. The first-order chi connectivity index (χ1) is 12.8. The fourth-order valence-corrected chi connectivity index (χ4v) is 5.27. The highest BCUT2D eigenvalue weighted by atomic mass is 32.2. The van der Waals surface area contributed by atoms with Gasteiger partial charge in [0.05, 0.1) is 0 Å². The highest BCUT2D eigenvalue weighted by Gasteiger charge is 2.47. The SMILES string of the molecule is O=S(=O)(Nc1ccccc1[S+](c1ccccc1)c1ccccc1)C(F)(F)F. The van der Waals surface area contributed by atoms with Crippen LogP contribution in [0.1, 0.15) is 0 Å². The molecule has 0 fully saturated rings. The van der Waals surface area contributed by atoms with Gasteiger partial charge >= 0.3 is 15.5 Å². The molecule has 0 aliphatic heterocycles. The minimum atomic E-state index is -5.52. The molecule has 0 aliphatic carbocycles. The normalized spacial score (nSPS) is 12.1. The molecule has 0 spiro atoms. The summed E-state index contributed by atoms with van der Waals surface area (Å²) in [4.78, 5) is 2.19. The van der Waals surface area contributed by atoms with E-state index < -0.39 is 26.4 Å². The average molecular weight is 410 g/mol. The van der Waals surface area contributed by atoms with E-state index in [1.54, 1.807) is 16.9 Å². The number of alkyl halides is 3. The molecule has 0 atom stereocenters. The van der Waals surface area contributed by atoms with Crippen LogP contribution in [0.15, 0.2) is 99.6 Å². The standard InChI is InChI=1S/C19H15F3NO2S2/c20-19(21,22)27(24,25)23-17-13-7-8-14-18(17)26(15-9-3-1-4-10-15)16-11-5-2-6-12-16/h1-14,23H/q+1. The van der Waals surface area contributed by atoms with E-state index in [9.17, 15) is 21.6 Å². The van der Waals surface area contributed by atoms with E-state index in [-0.39, 0.29) is 5.69 Å². The maximum atomic E-state index is 12.8. The second-order valence-electron chi connectivity index (χ2n) is 5.48. The molecule has 0 unspecified atom stereocenters. The Morgan fingerprint density at radius 2 is 1.15 bits per heavy atom. The van der Waals surface area contributed by atoms with Crippen LogP contribution in [0.2, 0.25) is 0 Å². The van der Waals surface area contributed by atoms with Crippen LogP contribution >= 0.6 is 0 Å². The van der Waals surface area contributed by atoms with Crippen molar-refractivity contribution in [3.8, 4) is 0 Å². The molecule has 0 amide bonds. The summed E-state index contributed by atoms with van der Waals surface area (Å²) < 4.78 is 63.5. The minimum Gasteiger partial charge on any atom is -0.271 e. The highest BCUT2D eigenvalue weighted by molar-refractivity contribution is 7.97. The van der Waals surface area contributed by atoms with Gasteiger partial charge in [-0.1, -0.05) is 48.5 Å². The zero-order chi connectivity index (χ0) is 19.5. The van der Waals surface area contributed by atoms with Crippen molar-refractivity contribution in [1.29, 1.82) is 0 Å². The lowest BCUT2D eigenvalue weighted by atomic mass is 10.3. The smallest absolute Gasteiger partial charge is 0.271 e. The van der Waals surface area contributed by atoms with Gasteiger partial charge in [-0.25, -0.2) is 0 Å². The van der Waals surface area contributed by atoms with Gasteiger partial charge in [-0.3, -0.25) is 4.72 Å². The van der Waals surface area contributed by atoms with Crippen molar-refractivity contribution < 1.29 is 21.6 Å². The third kappa shape index (κ3) is 4.28. The first-order valence-corrected chi connectivity index (χ1v) is 10.5. The summed E-state index contributed by atoms with van der Waals surface area (Å²) in [5.74, 6) is 0. The molecule has 3 aromatic rings. The van der Waals surface area contributed by atoms with Crippen LogP contribution in [0.25, 0.3) is 0 Å². The summed E-state index contributed by atoms with van der Waals surface area (Å²) in [5, 5.41) is 0. The first kappa shape index (κ1) is 19.3. The van der Waals surface area contributed by atoms with Gasteiger partial charge in [0.15, 0.2) is 14.7 Å².